The summed E-state index contributed by atoms with van der Waals surface area (Å²) in [6.07, 6.45) is 0. The molecule has 0 radical (unpaired) electrons. The summed E-state index contributed by atoms with van der Waals surface area (Å²) in [6, 6.07) is 6.56. The second-order valence-electron chi connectivity index (χ2n) is 3.95. The molecule has 0 aliphatic heterocycles. The van der Waals surface area contributed by atoms with Gasteiger partial charge in [0.05, 0.1) is 11.5 Å². The average Bonchev–Trinajstić information content (AvgIpc) is 2.37. The normalized spacial score (nSPS) is 13.3. The molecule has 0 saturated carbocycles. The van der Waals surface area contributed by atoms with Gasteiger partial charge in [0.15, 0.2) is 0 Å². The van der Waals surface area contributed by atoms with Crippen molar-refractivity contribution in [3.05, 3.63) is 24.3 Å². The Morgan fingerprint density at radius 2 is 2.11 bits per heavy atom. The summed E-state index contributed by atoms with van der Waals surface area (Å²) in [4.78, 5) is 0.219. The van der Waals surface area contributed by atoms with Gasteiger partial charge in [-0.15, -0.1) is 0 Å². The summed E-state index contributed by atoms with van der Waals surface area (Å²) < 4.78 is 31.9. The molecule has 18 heavy (non-hydrogen) atoms. The molecule has 0 bridgehead atoms. The number of benzene rings is 1. The third-order valence-electron chi connectivity index (χ3n) is 2.50. The minimum atomic E-state index is -3.48. The van der Waals surface area contributed by atoms with Crippen molar-refractivity contribution in [3.63, 3.8) is 0 Å². The van der Waals surface area contributed by atoms with Crippen molar-refractivity contribution in [1.82, 2.24) is 10.0 Å². The Hall–Kier alpha value is -1.11. The SMILES string of the molecule is CCOc1cccc(S(=O)(=O)NCC(C)NC)c1. The summed E-state index contributed by atoms with van der Waals surface area (Å²) >= 11 is 0. The first-order chi connectivity index (χ1) is 8.49. The van der Waals surface area contributed by atoms with Gasteiger partial charge in [0, 0.05) is 18.7 Å². The van der Waals surface area contributed by atoms with Crippen LogP contribution in [-0.4, -0.2) is 34.7 Å². The minimum Gasteiger partial charge on any atom is -0.494 e. The van der Waals surface area contributed by atoms with Crippen molar-refractivity contribution in [2.75, 3.05) is 20.2 Å². The van der Waals surface area contributed by atoms with Gasteiger partial charge in [-0.3, -0.25) is 0 Å². The molecule has 0 heterocycles. The molecule has 1 atom stereocenters. The number of hydrogen-bond donors (Lipinski definition) is 2. The molecule has 1 unspecified atom stereocenters. The zero-order valence-corrected chi connectivity index (χ0v) is 11.8. The van der Waals surface area contributed by atoms with Crippen molar-refractivity contribution in [2.24, 2.45) is 0 Å². The van der Waals surface area contributed by atoms with E-state index in [0.717, 1.165) is 0 Å². The first-order valence-corrected chi connectivity index (χ1v) is 7.37. The first kappa shape index (κ1) is 14.9. The van der Waals surface area contributed by atoms with Crippen LogP contribution in [0.15, 0.2) is 29.2 Å². The third kappa shape index (κ3) is 4.29. The molecular formula is C12H20N2O3S. The van der Waals surface area contributed by atoms with Crippen molar-refractivity contribution in [3.8, 4) is 5.75 Å². The highest BCUT2D eigenvalue weighted by molar-refractivity contribution is 7.89. The molecule has 102 valence electrons. The molecular weight excluding hydrogens is 252 g/mol. The molecule has 6 heteroatoms. The summed E-state index contributed by atoms with van der Waals surface area (Å²) in [5.41, 5.74) is 0. The number of rotatable bonds is 7. The van der Waals surface area contributed by atoms with E-state index < -0.39 is 10.0 Å². The van der Waals surface area contributed by atoms with Crippen LogP contribution >= 0.6 is 0 Å². The fraction of sp³-hybridized carbons (Fsp3) is 0.500. The van der Waals surface area contributed by atoms with Gasteiger partial charge < -0.3 is 10.1 Å². The minimum absolute atomic E-state index is 0.0786. The van der Waals surface area contributed by atoms with Gasteiger partial charge >= 0.3 is 0 Å². The van der Waals surface area contributed by atoms with Crippen LogP contribution in [0.4, 0.5) is 0 Å². The van der Waals surface area contributed by atoms with Gasteiger partial charge in [0.2, 0.25) is 10.0 Å². The molecule has 0 amide bonds. The molecule has 0 fully saturated rings. The molecule has 1 rings (SSSR count). The fourth-order valence-electron chi connectivity index (χ4n) is 1.32. The third-order valence-corrected chi connectivity index (χ3v) is 3.92. The Bertz CT molecular complexity index is 474. The van der Waals surface area contributed by atoms with Gasteiger partial charge in [-0.05, 0) is 33.0 Å². The summed E-state index contributed by atoms with van der Waals surface area (Å²) in [7, 11) is -1.69. The maximum atomic E-state index is 12.0. The maximum absolute atomic E-state index is 12.0. The molecule has 0 aliphatic rings. The highest BCUT2D eigenvalue weighted by Crippen LogP contribution is 2.17. The first-order valence-electron chi connectivity index (χ1n) is 5.89. The number of hydrogen-bond acceptors (Lipinski definition) is 4. The standard InChI is InChI=1S/C12H20N2O3S/c1-4-17-11-6-5-7-12(8-11)18(15,16)14-9-10(2)13-3/h5-8,10,13-14H,4,9H2,1-3H3. The van der Waals surface area contributed by atoms with E-state index in [0.29, 0.717) is 18.9 Å². The molecule has 0 saturated heterocycles. The van der Waals surface area contributed by atoms with Crippen molar-refractivity contribution >= 4 is 10.0 Å². The Morgan fingerprint density at radius 3 is 2.72 bits per heavy atom. The molecule has 5 nitrogen and oxygen atoms in total. The van der Waals surface area contributed by atoms with Crippen LogP contribution in [0.25, 0.3) is 0 Å². The smallest absolute Gasteiger partial charge is 0.240 e. The highest BCUT2D eigenvalue weighted by atomic mass is 32.2. The van der Waals surface area contributed by atoms with Gasteiger partial charge in [-0.1, -0.05) is 6.07 Å². The molecule has 1 aromatic rings. The predicted molar refractivity (Wildman–Crippen MR) is 71.3 cm³/mol. The van der Waals surface area contributed by atoms with Gasteiger partial charge in [-0.25, -0.2) is 13.1 Å². The van der Waals surface area contributed by atoms with E-state index in [1.807, 2.05) is 13.8 Å². The Labute approximate surface area is 109 Å². The summed E-state index contributed by atoms with van der Waals surface area (Å²) in [6.45, 7) is 4.61. The number of sulfonamides is 1. The summed E-state index contributed by atoms with van der Waals surface area (Å²) in [5.74, 6) is 0.557. The Morgan fingerprint density at radius 1 is 1.39 bits per heavy atom. The number of ether oxygens (including phenoxy) is 1. The second kappa shape index (κ2) is 6.72. The van der Waals surface area contributed by atoms with E-state index in [2.05, 4.69) is 10.0 Å². The molecule has 0 aliphatic carbocycles. The van der Waals surface area contributed by atoms with E-state index in [9.17, 15) is 8.42 Å². The predicted octanol–water partition coefficient (Wildman–Crippen LogP) is 0.971. The lowest BCUT2D eigenvalue weighted by Crippen LogP contribution is -2.37. The van der Waals surface area contributed by atoms with Crippen molar-refractivity contribution in [1.29, 1.82) is 0 Å². The zero-order chi connectivity index (χ0) is 13.6. The van der Waals surface area contributed by atoms with E-state index in [1.165, 1.54) is 6.07 Å². The second-order valence-corrected chi connectivity index (χ2v) is 5.72. The quantitative estimate of drug-likeness (QED) is 0.776. The maximum Gasteiger partial charge on any atom is 0.240 e. The topological polar surface area (TPSA) is 67.4 Å². The summed E-state index contributed by atoms with van der Waals surface area (Å²) in [5, 5.41) is 2.97. The molecule has 0 aromatic heterocycles. The van der Waals surface area contributed by atoms with Gasteiger partial charge in [0.1, 0.15) is 5.75 Å². The van der Waals surface area contributed by atoms with Gasteiger partial charge in [0.25, 0.3) is 0 Å². The lowest BCUT2D eigenvalue weighted by Gasteiger charge is -2.12. The van der Waals surface area contributed by atoms with Crippen molar-refractivity contribution < 1.29 is 13.2 Å². The van der Waals surface area contributed by atoms with Crippen LogP contribution in [0, 0.1) is 0 Å². The molecule has 1 aromatic carbocycles. The molecule has 2 N–H and O–H groups in total. The van der Waals surface area contributed by atoms with Crippen LogP contribution in [0.3, 0.4) is 0 Å². The highest BCUT2D eigenvalue weighted by Gasteiger charge is 2.15. The van der Waals surface area contributed by atoms with Crippen LogP contribution in [0.2, 0.25) is 0 Å². The van der Waals surface area contributed by atoms with Crippen LogP contribution in [0.1, 0.15) is 13.8 Å². The Balaban J connectivity index is 2.81. The van der Waals surface area contributed by atoms with Crippen LogP contribution in [-0.2, 0) is 10.0 Å². The largest absolute Gasteiger partial charge is 0.494 e. The molecule has 0 spiro atoms. The van der Waals surface area contributed by atoms with E-state index in [4.69, 9.17) is 4.74 Å². The van der Waals surface area contributed by atoms with E-state index in [1.54, 1.807) is 25.2 Å². The van der Waals surface area contributed by atoms with Crippen LogP contribution < -0.4 is 14.8 Å². The average molecular weight is 272 g/mol. The van der Waals surface area contributed by atoms with E-state index >= 15 is 0 Å². The fourth-order valence-corrected chi connectivity index (χ4v) is 2.48. The zero-order valence-electron chi connectivity index (χ0n) is 10.9. The Kier molecular flexibility index (Phi) is 5.58. The number of likely N-dealkylation sites (N-methyl/N-ethyl adjacent to an activating group) is 1. The van der Waals surface area contributed by atoms with Gasteiger partial charge in [-0.2, -0.15) is 0 Å². The number of nitrogens with one attached hydrogen (secondary N) is 2. The monoisotopic (exact) mass is 272 g/mol. The lowest BCUT2D eigenvalue weighted by molar-refractivity contribution is 0.339. The van der Waals surface area contributed by atoms with E-state index in [-0.39, 0.29) is 10.9 Å². The lowest BCUT2D eigenvalue weighted by atomic mass is 10.3. The van der Waals surface area contributed by atoms with Crippen LogP contribution in [0.5, 0.6) is 5.75 Å². The van der Waals surface area contributed by atoms with Crippen molar-refractivity contribution in [2.45, 2.75) is 24.8 Å².